The Balaban J connectivity index is 2.62. The summed E-state index contributed by atoms with van der Waals surface area (Å²) in [6.07, 6.45) is 4.53. The van der Waals surface area contributed by atoms with Crippen molar-refractivity contribution >= 4 is 6.29 Å². The molecule has 0 aliphatic carbocycles. The van der Waals surface area contributed by atoms with Crippen LogP contribution in [0.2, 0.25) is 0 Å². The Bertz CT molecular complexity index is 535. The third-order valence-corrected chi connectivity index (χ3v) is 2.63. The Morgan fingerprint density at radius 3 is 2.59 bits per heavy atom. The molecule has 0 bridgehead atoms. The molecule has 0 aliphatic heterocycles. The molecule has 0 atom stereocenters. The summed E-state index contributed by atoms with van der Waals surface area (Å²) in [5.41, 5.74) is 1.50. The Labute approximate surface area is 101 Å². The van der Waals surface area contributed by atoms with Gasteiger partial charge in [-0.2, -0.15) is 0 Å². The molecule has 0 aliphatic rings. The molecule has 1 heterocycles. The van der Waals surface area contributed by atoms with Gasteiger partial charge in [0.1, 0.15) is 5.82 Å². The third kappa shape index (κ3) is 2.13. The number of benzene rings is 1. The summed E-state index contributed by atoms with van der Waals surface area (Å²) in [5.74, 6) is 0.951. The van der Waals surface area contributed by atoms with Crippen molar-refractivity contribution in [2.24, 2.45) is 0 Å². The molecule has 0 radical (unpaired) electrons. The number of rotatable bonds is 2. The van der Waals surface area contributed by atoms with Gasteiger partial charge in [0.25, 0.3) is 0 Å². The molecule has 0 spiro atoms. The van der Waals surface area contributed by atoms with E-state index in [1.807, 2.05) is 35.0 Å². The molecule has 17 heavy (non-hydrogen) atoms. The summed E-state index contributed by atoms with van der Waals surface area (Å²) < 4.78 is 1.98. The Hall–Kier alpha value is -1.90. The standard InChI is InChI=1S/C14H16N2O/c1-14(2,3)13-15-8-9-16(13)12-7-5-4-6-11(12)10-17/h4-10H,1-3H3. The second kappa shape index (κ2) is 4.17. The van der Waals surface area contributed by atoms with E-state index in [0.29, 0.717) is 5.56 Å². The average Bonchev–Trinajstić information content (AvgIpc) is 2.77. The number of nitrogens with zero attached hydrogens (tertiary/aromatic N) is 2. The van der Waals surface area contributed by atoms with Gasteiger partial charge >= 0.3 is 0 Å². The summed E-state index contributed by atoms with van der Waals surface area (Å²) in [4.78, 5) is 15.4. The van der Waals surface area contributed by atoms with Crippen molar-refractivity contribution in [1.82, 2.24) is 9.55 Å². The lowest BCUT2D eigenvalue weighted by atomic mass is 9.95. The van der Waals surface area contributed by atoms with Crippen molar-refractivity contribution in [1.29, 1.82) is 0 Å². The highest BCUT2D eigenvalue weighted by molar-refractivity contribution is 5.80. The maximum Gasteiger partial charge on any atom is 0.152 e. The number of carbonyl (C=O) groups excluding carboxylic acids is 1. The van der Waals surface area contributed by atoms with Gasteiger partial charge in [0.15, 0.2) is 6.29 Å². The second-order valence-electron chi connectivity index (χ2n) is 5.05. The third-order valence-electron chi connectivity index (χ3n) is 2.63. The van der Waals surface area contributed by atoms with E-state index >= 15 is 0 Å². The molecule has 0 saturated carbocycles. The number of carbonyl (C=O) groups is 1. The van der Waals surface area contributed by atoms with E-state index < -0.39 is 0 Å². The lowest BCUT2D eigenvalue weighted by molar-refractivity contribution is 0.112. The van der Waals surface area contributed by atoms with Gasteiger partial charge in [0.05, 0.1) is 5.69 Å². The SMILES string of the molecule is CC(C)(C)c1nccn1-c1ccccc1C=O. The van der Waals surface area contributed by atoms with Crippen LogP contribution in [0.5, 0.6) is 0 Å². The van der Waals surface area contributed by atoms with Gasteiger partial charge in [-0.3, -0.25) is 4.79 Å². The largest absolute Gasteiger partial charge is 0.303 e. The van der Waals surface area contributed by atoms with Gasteiger partial charge in [-0.1, -0.05) is 32.9 Å². The highest BCUT2D eigenvalue weighted by Crippen LogP contribution is 2.24. The van der Waals surface area contributed by atoms with Gasteiger partial charge < -0.3 is 4.57 Å². The second-order valence-corrected chi connectivity index (χ2v) is 5.05. The predicted octanol–water partition coefficient (Wildman–Crippen LogP) is 2.98. The van der Waals surface area contributed by atoms with Gasteiger partial charge in [-0.25, -0.2) is 4.98 Å². The fraction of sp³-hybridized carbons (Fsp3) is 0.286. The highest BCUT2D eigenvalue weighted by atomic mass is 16.1. The van der Waals surface area contributed by atoms with Gasteiger partial charge in [-0.15, -0.1) is 0 Å². The van der Waals surface area contributed by atoms with E-state index in [4.69, 9.17) is 0 Å². The van der Waals surface area contributed by atoms with Crippen molar-refractivity contribution in [2.45, 2.75) is 26.2 Å². The van der Waals surface area contributed by atoms with Gasteiger partial charge in [0.2, 0.25) is 0 Å². The molecule has 0 amide bonds. The van der Waals surface area contributed by atoms with Crippen LogP contribution in [0, 0.1) is 0 Å². The maximum atomic E-state index is 11.0. The molecule has 88 valence electrons. The van der Waals surface area contributed by atoms with E-state index in [2.05, 4.69) is 25.8 Å². The molecule has 0 fully saturated rings. The number of hydrogen-bond acceptors (Lipinski definition) is 2. The van der Waals surface area contributed by atoms with Crippen LogP contribution in [0.4, 0.5) is 0 Å². The van der Waals surface area contributed by atoms with Crippen LogP contribution < -0.4 is 0 Å². The van der Waals surface area contributed by atoms with E-state index in [1.165, 1.54) is 0 Å². The number of imidazole rings is 1. The zero-order valence-corrected chi connectivity index (χ0v) is 10.3. The molecular weight excluding hydrogens is 212 g/mol. The summed E-state index contributed by atoms with van der Waals surface area (Å²) >= 11 is 0. The van der Waals surface area contributed by atoms with E-state index in [0.717, 1.165) is 17.8 Å². The molecule has 0 saturated heterocycles. The quantitative estimate of drug-likeness (QED) is 0.741. The molecule has 2 aromatic rings. The Morgan fingerprint density at radius 2 is 1.94 bits per heavy atom. The first-order valence-electron chi connectivity index (χ1n) is 5.62. The summed E-state index contributed by atoms with van der Waals surface area (Å²) in [7, 11) is 0. The normalized spacial score (nSPS) is 11.5. The monoisotopic (exact) mass is 228 g/mol. The van der Waals surface area contributed by atoms with Crippen molar-refractivity contribution in [2.75, 3.05) is 0 Å². The van der Waals surface area contributed by atoms with Crippen molar-refractivity contribution < 1.29 is 4.79 Å². The minimum absolute atomic E-state index is 0.0561. The fourth-order valence-corrected chi connectivity index (χ4v) is 1.86. The molecule has 3 nitrogen and oxygen atoms in total. The van der Waals surface area contributed by atoms with Gasteiger partial charge in [-0.05, 0) is 12.1 Å². The van der Waals surface area contributed by atoms with Crippen LogP contribution in [0.25, 0.3) is 5.69 Å². The fourth-order valence-electron chi connectivity index (χ4n) is 1.86. The minimum atomic E-state index is -0.0561. The maximum absolute atomic E-state index is 11.0. The lowest BCUT2D eigenvalue weighted by Gasteiger charge is -2.20. The van der Waals surface area contributed by atoms with Crippen LogP contribution in [0.1, 0.15) is 37.0 Å². The number of hydrogen-bond donors (Lipinski definition) is 0. The van der Waals surface area contributed by atoms with Crippen molar-refractivity contribution in [3.05, 3.63) is 48.0 Å². The molecule has 0 unspecified atom stereocenters. The topological polar surface area (TPSA) is 34.9 Å². The van der Waals surface area contributed by atoms with Gasteiger partial charge in [0, 0.05) is 23.4 Å². The first kappa shape index (κ1) is 11.6. The lowest BCUT2D eigenvalue weighted by Crippen LogP contribution is -2.18. The summed E-state index contributed by atoms with van der Waals surface area (Å²) in [5, 5.41) is 0. The van der Waals surface area contributed by atoms with E-state index in [1.54, 1.807) is 6.20 Å². The first-order chi connectivity index (χ1) is 8.04. The number of para-hydroxylation sites is 1. The highest BCUT2D eigenvalue weighted by Gasteiger charge is 2.21. The van der Waals surface area contributed by atoms with Crippen LogP contribution >= 0.6 is 0 Å². The summed E-state index contributed by atoms with van der Waals surface area (Å²) in [6, 6.07) is 7.53. The van der Waals surface area contributed by atoms with Crippen LogP contribution in [-0.2, 0) is 5.41 Å². The summed E-state index contributed by atoms with van der Waals surface area (Å²) in [6.45, 7) is 6.32. The number of aromatic nitrogens is 2. The first-order valence-corrected chi connectivity index (χ1v) is 5.62. The molecule has 1 aromatic heterocycles. The molecule has 2 rings (SSSR count). The van der Waals surface area contributed by atoms with Crippen molar-refractivity contribution in [3.63, 3.8) is 0 Å². The average molecular weight is 228 g/mol. The molecular formula is C14H16N2O. The Kier molecular flexibility index (Phi) is 2.84. The van der Waals surface area contributed by atoms with Crippen LogP contribution in [0.3, 0.4) is 0 Å². The van der Waals surface area contributed by atoms with E-state index in [-0.39, 0.29) is 5.41 Å². The van der Waals surface area contributed by atoms with Crippen molar-refractivity contribution in [3.8, 4) is 5.69 Å². The minimum Gasteiger partial charge on any atom is -0.303 e. The molecule has 3 heteroatoms. The zero-order valence-electron chi connectivity index (χ0n) is 10.3. The molecule has 0 N–H and O–H groups in total. The number of aldehydes is 1. The predicted molar refractivity (Wildman–Crippen MR) is 67.7 cm³/mol. The van der Waals surface area contributed by atoms with Crippen LogP contribution in [-0.4, -0.2) is 15.8 Å². The Morgan fingerprint density at radius 1 is 1.24 bits per heavy atom. The van der Waals surface area contributed by atoms with Crippen LogP contribution in [0.15, 0.2) is 36.7 Å². The van der Waals surface area contributed by atoms with E-state index in [9.17, 15) is 4.79 Å². The smallest absolute Gasteiger partial charge is 0.152 e. The zero-order chi connectivity index (χ0) is 12.5. The molecule has 1 aromatic carbocycles.